The smallest absolute Gasteiger partial charge is 0.227 e. The van der Waals surface area contributed by atoms with Crippen molar-refractivity contribution in [1.82, 2.24) is 10.2 Å². The average molecular weight is 292 g/mol. The molecule has 0 bridgehead atoms. The molecule has 1 atom stereocenters. The Hall–Kier alpha value is -2.08. The topological polar surface area (TPSA) is 89.9 Å². The van der Waals surface area contributed by atoms with Crippen LogP contribution in [0.2, 0.25) is 0 Å². The molecule has 1 heterocycles. The lowest BCUT2D eigenvalue weighted by Gasteiger charge is -2.22. The largest absolute Gasteiger partial charge is 0.504 e. The Morgan fingerprint density at radius 1 is 1.33 bits per heavy atom. The van der Waals surface area contributed by atoms with Crippen molar-refractivity contribution in [1.29, 1.82) is 0 Å². The molecule has 1 amide bonds. The number of benzene rings is 1. The zero-order chi connectivity index (χ0) is 15.6. The van der Waals surface area contributed by atoms with Crippen molar-refractivity contribution < 1.29 is 19.8 Å². The Labute approximate surface area is 123 Å². The van der Waals surface area contributed by atoms with Crippen LogP contribution < -0.4 is 5.32 Å². The summed E-state index contributed by atoms with van der Waals surface area (Å²) in [5.74, 6) is -0.719. The van der Waals surface area contributed by atoms with Crippen LogP contribution in [0.3, 0.4) is 0 Å². The van der Waals surface area contributed by atoms with Crippen molar-refractivity contribution in [2.45, 2.75) is 13.3 Å². The molecule has 6 heteroatoms. The Balaban J connectivity index is 2.01. The Kier molecular flexibility index (Phi) is 4.18. The van der Waals surface area contributed by atoms with E-state index in [9.17, 15) is 19.8 Å². The second kappa shape index (κ2) is 5.73. The number of amides is 1. The lowest BCUT2D eigenvalue weighted by atomic mass is 9.89. The molecule has 0 aromatic heterocycles. The third kappa shape index (κ3) is 3.16. The highest BCUT2D eigenvalue weighted by Gasteiger charge is 2.40. The number of ketones is 1. The highest BCUT2D eigenvalue weighted by molar-refractivity contribution is 5.98. The van der Waals surface area contributed by atoms with Gasteiger partial charge in [-0.05, 0) is 38.1 Å². The molecule has 0 spiro atoms. The summed E-state index contributed by atoms with van der Waals surface area (Å²) in [6.07, 6.45) is 0.709. The van der Waals surface area contributed by atoms with Gasteiger partial charge >= 0.3 is 0 Å². The maximum Gasteiger partial charge on any atom is 0.227 e. The first-order valence-corrected chi connectivity index (χ1v) is 6.85. The average Bonchev–Trinajstić information content (AvgIpc) is 2.83. The minimum Gasteiger partial charge on any atom is -0.504 e. The SMILES string of the molecule is CNC(=O)C1(C)CCN(CC(=O)c2ccc(O)c(O)c2)C1. The summed E-state index contributed by atoms with van der Waals surface area (Å²) in [6.45, 7) is 3.29. The highest BCUT2D eigenvalue weighted by atomic mass is 16.3. The van der Waals surface area contributed by atoms with Gasteiger partial charge in [0, 0.05) is 19.2 Å². The zero-order valence-electron chi connectivity index (χ0n) is 12.2. The van der Waals surface area contributed by atoms with E-state index < -0.39 is 5.41 Å². The van der Waals surface area contributed by atoms with Gasteiger partial charge in [-0.1, -0.05) is 0 Å². The number of hydrogen-bond acceptors (Lipinski definition) is 5. The molecule has 1 unspecified atom stereocenters. The predicted molar refractivity (Wildman–Crippen MR) is 77.3 cm³/mol. The number of carbonyl (C=O) groups is 2. The molecule has 6 nitrogen and oxygen atoms in total. The number of aromatic hydroxyl groups is 2. The number of phenolic OH excluding ortho intramolecular Hbond substituents is 2. The molecule has 1 fully saturated rings. The van der Waals surface area contributed by atoms with Crippen molar-refractivity contribution in [3.63, 3.8) is 0 Å². The summed E-state index contributed by atoms with van der Waals surface area (Å²) in [6, 6.07) is 4.03. The Bertz CT molecular complexity index is 573. The number of nitrogens with zero attached hydrogens (tertiary/aromatic N) is 1. The molecule has 1 aromatic rings. The fraction of sp³-hybridized carbons (Fsp3) is 0.467. The number of rotatable bonds is 4. The standard InChI is InChI=1S/C15H20N2O4/c1-15(14(21)16-2)5-6-17(9-15)8-13(20)10-3-4-11(18)12(19)7-10/h3-4,7,18-19H,5-6,8-9H2,1-2H3,(H,16,21). The summed E-state index contributed by atoms with van der Waals surface area (Å²) < 4.78 is 0. The highest BCUT2D eigenvalue weighted by Crippen LogP contribution is 2.30. The molecule has 21 heavy (non-hydrogen) atoms. The quantitative estimate of drug-likeness (QED) is 0.562. The van der Waals surface area contributed by atoms with Crippen LogP contribution >= 0.6 is 0 Å². The Morgan fingerprint density at radius 2 is 2.05 bits per heavy atom. The summed E-state index contributed by atoms with van der Waals surface area (Å²) in [5, 5.41) is 21.3. The molecular formula is C15H20N2O4. The van der Waals surface area contributed by atoms with Gasteiger partial charge in [0.15, 0.2) is 17.3 Å². The van der Waals surface area contributed by atoms with Crippen molar-refractivity contribution in [2.24, 2.45) is 5.41 Å². The molecule has 3 N–H and O–H groups in total. The monoisotopic (exact) mass is 292 g/mol. The van der Waals surface area contributed by atoms with Gasteiger partial charge in [-0.3, -0.25) is 14.5 Å². The normalized spacial score (nSPS) is 22.2. The van der Waals surface area contributed by atoms with E-state index in [4.69, 9.17) is 0 Å². The molecule has 1 saturated heterocycles. The summed E-state index contributed by atoms with van der Waals surface area (Å²) in [4.78, 5) is 25.9. The van der Waals surface area contributed by atoms with Crippen LogP contribution in [0, 0.1) is 5.41 Å². The molecule has 1 aromatic carbocycles. The van der Waals surface area contributed by atoms with Gasteiger partial charge in [-0.15, -0.1) is 0 Å². The number of hydrogen-bond donors (Lipinski definition) is 3. The minimum atomic E-state index is -0.466. The van der Waals surface area contributed by atoms with Crippen molar-refractivity contribution in [3.05, 3.63) is 23.8 Å². The maximum atomic E-state index is 12.2. The van der Waals surface area contributed by atoms with Crippen LogP contribution in [0.15, 0.2) is 18.2 Å². The number of phenols is 2. The second-order valence-electron chi connectivity index (χ2n) is 5.73. The first-order valence-electron chi connectivity index (χ1n) is 6.85. The molecule has 2 rings (SSSR count). The van der Waals surface area contributed by atoms with Crippen molar-refractivity contribution in [2.75, 3.05) is 26.7 Å². The van der Waals surface area contributed by atoms with Gasteiger partial charge in [0.25, 0.3) is 0 Å². The van der Waals surface area contributed by atoms with Crippen LogP contribution in [0.4, 0.5) is 0 Å². The third-order valence-electron chi connectivity index (χ3n) is 3.99. The number of nitrogens with one attached hydrogen (secondary N) is 1. The molecule has 114 valence electrons. The van der Waals surface area contributed by atoms with Crippen molar-refractivity contribution >= 4 is 11.7 Å². The molecule has 1 aliphatic rings. The van der Waals surface area contributed by atoms with Gasteiger partial charge in [0.1, 0.15) is 0 Å². The predicted octanol–water partition coefficient (Wildman–Crippen LogP) is 0.738. The van der Waals surface area contributed by atoms with Gasteiger partial charge in [0.05, 0.1) is 12.0 Å². The fourth-order valence-corrected chi connectivity index (χ4v) is 2.67. The minimum absolute atomic E-state index is 0.0141. The number of carbonyl (C=O) groups excluding carboxylic acids is 2. The van der Waals surface area contributed by atoms with Crippen molar-refractivity contribution in [3.8, 4) is 11.5 Å². The van der Waals surface area contributed by atoms with Crippen LogP contribution in [0.25, 0.3) is 0 Å². The van der Waals surface area contributed by atoms with E-state index in [0.29, 0.717) is 25.1 Å². The number of likely N-dealkylation sites (tertiary alicyclic amines) is 1. The van der Waals surface area contributed by atoms with E-state index in [-0.39, 0.29) is 29.7 Å². The maximum absolute atomic E-state index is 12.2. The van der Waals surface area contributed by atoms with Gasteiger partial charge in [-0.25, -0.2) is 0 Å². The van der Waals surface area contributed by atoms with E-state index in [1.807, 2.05) is 11.8 Å². The lowest BCUT2D eigenvalue weighted by molar-refractivity contribution is -0.129. The van der Waals surface area contributed by atoms with Gasteiger partial charge in [-0.2, -0.15) is 0 Å². The van der Waals surface area contributed by atoms with E-state index in [2.05, 4.69) is 5.32 Å². The number of Topliss-reactive ketones (excluding diaryl/α,β-unsaturated/α-hetero) is 1. The molecular weight excluding hydrogens is 272 g/mol. The summed E-state index contributed by atoms with van der Waals surface area (Å²) in [5.41, 5.74) is -0.120. The summed E-state index contributed by atoms with van der Waals surface area (Å²) >= 11 is 0. The van der Waals surface area contributed by atoms with Crippen LogP contribution in [-0.2, 0) is 4.79 Å². The van der Waals surface area contributed by atoms with E-state index >= 15 is 0 Å². The molecule has 1 aliphatic heterocycles. The molecule has 0 aliphatic carbocycles. The Morgan fingerprint density at radius 3 is 2.67 bits per heavy atom. The van der Waals surface area contributed by atoms with E-state index in [0.717, 1.165) is 0 Å². The van der Waals surface area contributed by atoms with Gasteiger partial charge in [0.2, 0.25) is 5.91 Å². The lowest BCUT2D eigenvalue weighted by Crippen LogP contribution is -2.40. The third-order valence-corrected chi connectivity index (χ3v) is 3.99. The fourth-order valence-electron chi connectivity index (χ4n) is 2.67. The first kappa shape index (κ1) is 15.3. The summed E-state index contributed by atoms with van der Waals surface area (Å²) in [7, 11) is 1.61. The van der Waals surface area contributed by atoms with Crippen LogP contribution in [0.5, 0.6) is 11.5 Å². The second-order valence-corrected chi connectivity index (χ2v) is 5.73. The first-order chi connectivity index (χ1) is 9.85. The van der Waals surface area contributed by atoms with Crippen LogP contribution in [-0.4, -0.2) is 53.5 Å². The van der Waals surface area contributed by atoms with Gasteiger partial charge < -0.3 is 15.5 Å². The molecule has 0 saturated carbocycles. The van der Waals surface area contributed by atoms with E-state index in [1.54, 1.807) is 7.05 Å². The zero-order valence-corrected chi connectivity index (χ0v) is 12.2. The van der Waals surface area contributed by atoms with Crippen LogP contribution in [0.1, 0.15) is 23.7 Å². The molecule has 0 radical (unpaired) electrons. The van der Waals surface area contributed by atoms with E-state index in [1.165, 1.54) is 18.2 Å².